The van der Waals surface area contributed by atoms with Crippen molar-refractivity contribution in [3.05, 3.63) is 47.6 Å². The normalized spacial score (nSPS) is 11.2. The average Bonchev–Trinajstić information content (AvgIpc) is 2.69. The van der Waals surface area contributed by atoms with Gasteiger partial charge in [0.15, 0.2) is 0 Å². The molecule has 0 aromatic carbocycles. The van der Waals surface area contributed by atoms with Gasteiger partial charge in [0.25, 0.3) is 5.56 Å². The monoisotopic (exact) mass is 299 g/mol. The van der Waals surface area contributed by atoms with Crippen LogP contribution in [0.2, 0.25) is 5.15 Å². The Morgan fingerprint density at radius 1 is 1.47 bits per heavy atom. The summed E-state index contributed by atoms with van der Waals surface area (Å²) in [6.45, 7) is 5.82. The van der Waals surface area contributed by atoms with Crippen molar-refractivity contribution in [1.29, 1.82) is 0 Å². The van der Waals surface area contributed by atoms with Crippen LogP contribution in [0.5, 0.6) is 0 Å². The van der Waals surface area contributed by atoms with Gasteiger partial charge in [0.05, 0.1) is 12.1 Å². The van der Waals surface area contributed by atoms with Crippen LogP contribution < -0.4 is 11.2 Å². The number of thiazole rings is 1. The SMILES string of the molecule is Cc1cnc(Cn2c(=O)[nH]c(Cl)c(C(C)C)c2=O)s1. The highest BCUT2D eigenvalue weighted by atomic mass is 35.5. The van der Waals surface area contributed by atoms with E-state index in [1.807, 2.05) is 20.8 Å². The van der Waals surface area contributed by atoms with Gasteiger partial charge in [-0.3, -0.25) is 14.3 Å². The average molecular weight is 300 g/mol. The second-order valence-corrected chi connectivity index (χ2v) is 6.27. The maximum atomic E-state index is 12.3. The first-order chi connectivity index (χ1) is 8.90. The summed E-state index contributed by atoms with van der Waals surface area (Å²) in [5, 5.41) is 0.846. The summed E-state index contributed by atoms with van der Waals surface area (Å²) in [6.07, 6.45) is 1.72. The van der Waals surface area contributed by atoms with Gasteiger partial charge in [-0.15, -0.1) is 11.3 Å². The molecule has 0 spiro atoms. The molecule has 7 heteroatoms. The molecule has 0 saturated carbocycles. The van der Waals surface area contributed by atoms with E-state index in [1.54, 1.807) is 6.20 Å². The minimum Gasteiger partial charge on any atom is -0.297 e. The molecule has 0 atom stereocenters. The highest BCUT2D eigenvalue weighted by Crippen LogP contribution is 2.17. The summed E-state index contributed by atoms with van der Waals surface area (Å²) in [6, 6.07) is 0. The lowest BCUT2D eigenvalue weighted by atomic mass is 10.1. The van der Waals surface area contributed by atoms with Crippen molar-refractivity contribution in [2.45, 2.75) is 33.2 Å². The Kier molecular flexibility index (Phi) is 3.91. The Morgan fingerprint density at radius 3 is 2.68 bits per heavy atom. The number of hydrogen-bond acceptors (Lipinski definition) is 4. The molecule has 0 radical (unpaired) electrons. The summed E-state index contributed by atoms with van der Waals surface area (Å²) in [5.74, 6) is -0.0545. The largest absolute Gasteiger partial charge is 0.329 e. The highest BCUT2D eigenvalue weighted by molar-refractivity contribution is 7.11. The van der Waals surface area contributed by atoms with Crippen molar-refractivity contribution in [2.24, 2.45) is 0 Å². The van der Waals surface area contributed by atoms with E-state index in [2.05, 4.69) is 9.97 Å². The topological polar surface area (TPSA) is 67.8 Å². The lowest BCUT2D eigenvalue weighted by Gasteiger charge is -2.10. The summed E-state index contributed by atoms with van der Waals surface area (Å²) in [5.41, 5.74) is -0.432. The van der Waals surface area contributed by atoms with Crippen LogP contribution in [0.3, 0.4) is 0 Å². The van der Waals surface area contributed by atoms with Gasteiger partial charge >= 0.3 is 5.69 Å². The van der Waals surface area contributed by atoms with Crippen LogP contribution in [0.25, 0.3) is 0 Å². The van der Waals surface area contributed by atoms with Gasteiger partial charge in [0.1, 0.15) is 10.2 Å². The van der Waals surface area contributed by atoms with Gasteiger partial charge in [-0.1, -0.05) is 25.4 Å². The van der Waals surface area contributed by atoms with Crippen LogP contribution in [0.4, 0.5) is 0 Å². The summed E-state index contributed by atoms with van der Waals surface area (Å²) in [4.78, 5) is 31.9. The molecule has 0 aliphatic carbocycles. The molecule has 0 amide bonds. The van der Waals surface area contributed by atoms with E-state index >= 15 is 0 Å². The molecule has 0 aliphatic rings. The first kappa shape index (κ1) is 14.0. The molecular formula is C12H14ClN3O2S. The van der Waals surface area contributed by atoms with Crippen molar-refractivity contribution < 1.29 is 0 Å². The first-order valence-electron chi connectivity index (χ1n) is 5.84. The molecule has 2 aromatic rings. The van der Waals surface area contributed by atoms with Crippen LogP contribution in [-0.2, 0) is 6.54 Å². The molecule has 0 unspecified atom stereocenters. The first-order valence-corrected chi connectivity index (χ1v) is 7.03. The number of nitrogens with one attached hydrogen (secondary N) is 1. The lowest BCUT2D eigenvalue weighted by Crippen LogP contribution is -2.38. The molecule has 0 fully saturated rings. The van der Waals surface area contributed by atoms with Crippen LogP contribution in [0.15, 0.2) is 15.8 Å². The lowest BCUT2D eigenvalue weighted by molar-refractivity contribution is 0.667. The predicted molar refractivity (Wildman–Crippen MR) is 76.4 cm³/mol. The quantitative estimate of drug-likeness (QED) is 0.883. The maximum absolute atomic E-state index is 12.3. The number of H-pyrrole nitrogens is 1. The van der Waals surface area contributed by atoms with Crippen LogP contribution >= 0.6 is 22.9 Å². The number of rotatable bonds is 3. The van der Waals surface area contributed by atoms with Gasteiger partial charge < -0.3 is 0 Å². The molecule has 1 N–H and O–H groups in total. The van der Waals surface area contributed by atoms with Crippen molar-refractivity contribution in [3.8, 4) is 0 Å². The molecule has 19 heavy (non-hydrogen) atoms. The second kappa shape index (κ2) is 5.30. The molecular weight excluding hydrogens is 286 g/mol. The van der Waals surface area contributed by atoms with E-state index in [9.17, 15) is 9.59 Å². The Balaban J connectivity index is 2.55. The summed E-state index contributed by atoms with van der Waals surface area (Å²) < 4.78 is 1.14. The van der Waals surface area contributed by atoms with Crippen molar-refractivity contribution in [3.63, 3.8) is 0 Å². The van der Waals surface area contributed by atoms with E-state index in [1.165, 1.54) is 11.3 Å². The molecule has 0 aliphatic heterocycles. The Hall–Kier alpha value is -1.40. The zero-order valence-corrected chi connectivity index (χ0v) is 12.4. The van der Waals surface area contributed by atoms with Gasteiger partial charge in [0.2, 0.25) is 0 Å². The predicted octanol–water partition coefficient (Wildman–Crippen LogP) is 2.13. The molecule has 2 aromatic heterocycles. The fourth-order valence-corrected chi connectivity index (χ4v) is 2.97. The fraction of sp³-hybridized carbons (Fsp3) is 0.417. The van der Waals surface area contributed by atoms with Gasteiger partial charge in [-0.05, 0) is 12.8 Å². The van der Waals surface area contributed by atoms with Gasteiger partial charge in [0, 0.05) is 11.1 Å². The van der Waals surface area contributed by atoms with E-state index < -0.39 is 5.69 Å². The zero-order valence-electron chi connectivity index (χ0n) is 10.9. The third-order valence-corrected chi connectivity index (χ3v) is 3.91. The van der Waals surface area contributed by atoms with E-state index in [4.69, 9.17) is 11.6 Å². The highest BCUT2D eigenvalue weighted by Gasteiger charge is 2.16. The molecule has 2 heterocycles. The smallest absolute Gasteiger partial charge is 0.297 e. The molecule has 0 saturated heterocycles. The third kappa shape index (κ3) is 2.79. The van der Waals surface area contributed by atoms with E-state index in [-0.39, 0.29) is 23.2 Å². The minimum atomic E-state index is -0.507. The fourth-order valence-electron chi connectivity index (χ4n) is 1.81. The zero-order chi connectivity index (χ0) is 14.2. The Bertz CT molecular complexity index is 714. The Morgan fingerprint density at radius 2 is 2.16 bits per heavy atom. The van der Waals surface area contributed by atoms with Crippen LogP contribution in [-0.4, -0.2) is 14.5 Å². The van der Waals surface area contributed by atoms with Crippen molar-refractivity contribution in [1.82, 2.24) is 14.5 Å². The third-order valence-electron chi connectivity index (χ3n) is 2.71. The van der Waals surface area contributed by atoms with E-state index in [0.717, 1.165) is 14.5 Å². The number of aromatic amines is 1. The number of halogens is 1. The number of aryl methyl sites for hydroxylation is 1. The number of hydrogen-bond donors (Lipinski definition) is 1. The van der Waals surface area contributed by atoms with Gasteiger partial charge in [-0.2, -0.15) is 0 Å². The van der Waals surface area contributed by atoms with Crippen molar-refractivity contribution in [2.75, 3.05) is 0 Å². The van der Waals surface area contributed by atoms with Crippen LogP contribution in [0.1, 0.15) is 35.2 Å². The molecule has 0 bridgehead atoms. The van der Waals surface area contributed by atoms with Gasteiger partial charge in [-0.25, -0.2) is 9.78 Å². The summed E-state index contributed by atoms with van der Waals surface area (Å²) in [7, 11) is 0. The summed E-state index contributed by atoms with van der Waals surface area (Å²) >= 11 is 7.39. The standard InChI is InChI=1S/C12H14ClN3O2S/c1-6(2)9-10(13)15-12(18)16(11(9)17)5-8-14-4-7(3)19-8/h4,6H,5H2,1-3H3,(H,15,18). The number of aromatic nitrogens is 3. The molecule has 2 rings (SSSR count). The molecule has 5 nitrogen and oxygen atoms in total. The maximum Gasteiger partial charge on any atom is 0.329 e. The number of nitrogens with zero attached hydrogens (tertiary/aromatic N) is 2. The van der Waals surface area contributed by atoms with Crippen molar-refractivity contribution >= 4 is 22.9 Å². The van der Waals surface area contributed by atoms with Crippen LogP contribution in [0, 0.1) is 6.92 Å². The molecule has 102 valence electrons. The second-order valence-electron chi connectivity index (χ2n) is 4.57. The minimum absolute atomic E-state index is 0.0545. The Labute approximate surface area is 118 Å². The van der Waals surface area contributed by atoms with E-state index in [0.29, 0.717) is 5.56 Å².